The Balaban J connectivity index is 1.62. The molecule has 0 amide bonds. The summed E-state index contributed by atoms with van der Waals surface area (Å²) in [6.07, 6.45) is -0.151. The normalized spacial score (nSPS) is 19.2. The Hall–Kier alpha value is -1.84. The zero-order valence-electron chi connectivity index (χ0n) is 14.4. The molecule has 9 heteroatoms. The Labute approximate surface area is 140 Å². The second-order valence-corrected chi connectivity index (χ2v) is 6.22. The van der Waals surface area contributed by atoms with Gasteiger partial charge >= 0.3 is 0 Å². The molecule has 0 spiro atoms. The van der Waals surface area contributed by atoms with E-state index in [1.165, 1.54) is 0 Å². The van der Waals surface area contributed by atoms with Gasteiger partial charge in [-0.2, -0.15) is 0 Å². The number of rotatable bonds is 7. The van der Waals surface area contributed by atoms with Crippen LogP contribution in [0.15, 0.2) is 10.6 Å². The van der Waals surface area contributed by atoms with Crippen molar-refractivity contribution < 1.29 is 14.0 Å². The molecule has 0 bridgehead atoms. The van der Waals surface area contributed by atoms with Crippen molar-refractivity contribution in [2.45, 2.75) is 39.0 Å². The van der Waals surface area contributed by atoms with Crippen LogP contribution >= 0.6 is 0 Å². The van der Waals surface area contributed by atoms with E-state index in [1.807, 2.05) is 6.07 Å². The van der Waals surface area contributed by atoms with Gasteiger partial charge in [0.1, 0.15) is 11.9 Å². The fourth-order valence-electron chi connectivity index (χ4n) is 2.69. The lowest BCUT2D eigenvalue weighted by Gasteiger charge is -2.31. The molecule has 1 aliphatic heterocycles. The third kappa shape index (κ3) is 3.97. The lowest BCUT2D eigenvalue weighted by molar-refractivity contribution is -0.0402. The Morgan fingerprint density at radius 1 is 1.42 bits per heavy atom. The molecule has 1 fully saturated rings. The van der Waals surface area contributed by atoms with Gasteiger partial charge in [-0.3, -0.25) is 4.90 Å². The van der Waals surface area contributed by atoms with Crippen LogP contribution in [0.25, 0.3) is 0 Å². The molecule has 1 aliphatic rings. The van der Waals surface area contributed by atoms with Gasteiger partial charge in [-0.15, -0.1) is 5.10 Å². The number of hydrogen-bond acceptors (Lipinski definition) is 8. The van der Waals surface area contributed by atoms with Crippen LogP contribution in [0, 0.1) is 0 Å². The minimum atomic E-state index is -0.151. The second kappa shape index (κ2) is 7.82. The predicted molar refractivity (Wildman–Crippen MR) is 84.3 cm³/mol. The van der Waals surface area contributed by atoms with E-state index in [4.69, 9.17) is 14.0 Å². The first-order valence-corrected chi connectivity index (χ1v) is 8.21. The minimum absolute atomic E-state index is 0.151. The zero-order valence-corrected chi connectivity index (χ0v) is 14.4. The summed E-state index contributed by atoms with van der Waals surface area (Å²) in [4.78, 5) is 2.28. The zero-order chi connectivity index (χ0) is 16.9. The molecule has 2 aromatic heterocycles. The highest BCUT2D eigenvalue weighted by molar-refractivity contribution is 5.08. The summed E-state index contributed by atoms with van der Waals surface area (Å²) in [6, 6.07) is 2.03. The third-order valence-electron chi connectivity index (χ3n) is 4.04. The summed E-state index contributed by atoms with van der Waals surface area (Å²) in [5, 5.41) is 16.1. The van der Waals surface area contributed by atoms with Crippen molar-refractivity contribution >= 4 is 0 Å². The average Bonchev–Trinajstić information content (AvgIpc) is 3.22. The van der Waals surface area contributed by atoms with Gasteiger partial charge in [0, 0.05) is 38.7 Å². The molecule has 0 radical (unpaired) electrons. The number of tetrazole rings is 1. The summed E-state index contributed by atoms with van der Waals surface area (Å²) in [6.45, 7) is 8.29. The quantitative estimate of drug-likeness (QED) is 0.740. The number of methoxy groups -OCH3 is 1. The van der Waals surface area contributed by atoms with Gasteiger partial charge in [0.2, 0.25) is 0 Å². The Morgan fingerprint density at radius 3 is 3.04 bits per heavy atom. The van der Waals surface area contributed by atoms with Gasteiger partial charge in [-0.25, -0.2) is 4.68 Å². The molecule has 0 unspecified atom stereocenters. The molecule has 132 valence electrons. The molecule has 1 atom stereocenters. The molecule has 0 saturated carbocycles. The van der Waals surface area contributed by atoms with Crippen LogP contribution in [0.3, 0.4) is 0 Å². The topological polar surface area (TPSA) is 91.3 Å². The highest BCUT2D eigenvalue weighted by atomic mass is 16.5. The summed E-state index contributed by atoms with van der Waals surface area (Å²) in [7, 11) is 1.66. The fraction of sp³-hybridized carbons (Fsp3) is 0.733. The monoisotopic (exact) mass is 336 g/mol. The molecule has 3 rings (SSSR count). The molecular weight excluding hydrogens is 312 g/mol. The molecule has 24 heavy (non-hydrogen) atoms. The molecule has 0 aromatic carbocycles. The van der Waals surface area contributed by atoms with Crippen LogP contribution in [0.1, 0.15) is 43.1 Å². The molecule has 3 heterocycles. The maximum atomic E-state index is 5.86. The van der Waals surface area contributed by atoms with Crippen LogP contribution in [0.2, 0.25) is 0 Å². The lowest BCUT2D eigenvalue weighted by Crippen LogP contribution is -2.39. The molecule has 1 saturated heterocycles. The molecular formula is C15H24N6O3. The van der Waals surface area contributed by atoms with E-state index in [1.54, 1.807) is 11.8 Å². The maximum Gasteiger partial charge on any atom is 0.181 e. The molecule has 2 aromatic rings. The van der Waals surface area contributed by atoms with Crippen molar-refractivity contribution in [3.8, 4) is 0 Å². The first-order chi connectivity index (χ1) is 11.7. The highest BCUT2D eigenvalue weighted by Crippen LogP contribution is 2.22. The fourth-order valence-corrected chi connectivity index (χ4v) is 2.69. The van der Waals surface area contributed by atoms with Crippen molar-refractivity contribution in [3.05, 3.63) is 23.3 Å². The Bertz CT molecular complexity index is 641. The van der Waals surface area contributed by atoms with E-state index in [9.17, 15) is 0 Å². The number of aromatic nitrogens is 5. The standard InChI is InChI=1S/C15H24N6O3/c1-11(2)13-8-12(17-24-13)9-20-4-7-23-14(10-20)15-16-18-19-21(15)5-6-22-3/h8,11,14H,4-7,9-10H2,1-3H3/t14-/m1/s1. The largest absolute Gasteiger partial charge is 0.383 e. The molecule has 0 N–H and O–H groups in total. The number of nitrogens with zero attached hydrogens (tertiary/aromatic N) is 6. The minimum Gasteiger partial charge on any atom is -0.383 e. The summed E-state index contributed by atoms with van der Waals surface area (Å²) >= 11 is 0. The van der Waals surface area contributed by atoms with Crippen molar-refractivity contribution in [1.29, 1.82) is 0 Å². The SMILES string of the molecule is COCCn1nnnc1[C@H]1CN(Cc2cc(C(C)C)on2)CCO1. The Morgan fingerprint density at radius 2 is 2.29 bits per heavy atom. The number of morpholine rings is 1. The van der Waals surface area contributed by atoms with Gasteiger partial charge in [-0.1, -0.05) is 19.0 Å². The number of hydrogen-bond donors (Lipinski definition) is 0. The van der Waals surface area contributed by atoms with Crippen molar-refractivity contribution in [2.24, 2.45) is 0 Å². The summed E-state index contributed by atoms with van der Waals surface area (Å²) in [5.41, 5.74) is 0.943. The third-order valence-corrected chi connectivity index (χ3v) is 4.04. The van der Waals surface area contributed by atoms with Gasteiger partial charge in [0.05, 0.1) is 25.5 Å². The number of ether oxygens (including phenoxy) is 2. The summed E-state index contributed by atoms with van der Waals surface area (Å²) < 4.78 is 18.1. The van der Waals surface area contributed by atoms with Crippen LogP contribution in [-0.4, -0.2) is 63.7 Å². The molecule has 9 nitrogen and oxygen atoms in total. The summed E-state index contributed by atoms with van der Waals surface area (Å²) in [5.74, 6) is 1.99. The van der Waals surface area contributed by atoms with E-state index in [0.717, 1.165) is 36.9 Å². The van der Waals surface area contributed by atoms with E-state index in [-0.39, 0.29) is 6.10 Å². The van der Waals surface area contributed by atoms with E-state index < -0.39 is 0 Å². The van der Waals surface area contributed by atoms with E-state index in [0.29, 0.717) is 25.7 Å². The smallest absolute Gasteiger partial charge is 0.181 e. The van der Waals surface area contributed by atoms with Crippen molar-refractivity contribution in [3.63, 3.8) is 0 Å². The van der Waals surface area contributed by atoms with Crippen LogP contribution in [-0.2, 0) is 22.6 Å². The second-order valence-electron chi connectivity index (χ2n) is 6.22. The maximum absolute atomic E-state index is 5.86. The van der Waals surface area contributed by atoms with Crippen molar-refractivity contribution in [1.82, 2.24) is 30.3 Å². The van der Waals surface area contributed by atoms with Crippen LogP contribution < -0.4 is 0 Å². The first-order valence-electron chi connectivity index (χ1n) is 8.21. The lowest BCUT2D eigenvalue weighted by atomic mass is 10.1. The van der Waals surface area contributed by atoms with Crippen molar-refractivity contribution in [2.75, 3.05) is 33.4 Å². The van der Waals surface area contributed by atoms with E-state index in [2.05, 4.69) is 39.4 Å². The van der Waals surface area contributed by atoms with Gasteiger partial charge < -0.3 is 14.0 Å². The average molecular weight is 336 g/mol. The van der Waals surface area contributed by atoms with Gasteiger partial charge in [0.15, 0.2) is 5.82 Å². The predicted octanol–water partition coefficient (Wildman–Crippen LogP) is 1.00. The van der Waals surface area contributed by atoms with Crippen LogP contribution in [0.4, 0.5) is 0 Å². The van der Waals surface area contributed by atoms with E-state index >= 15 is 0 Å². The van der Waals surface area contributed by atoms with Crippen LogP contribution in [0.5, 0.6) is 0 Å². The Kier molecular flexibility index (Phi) is 5.54. The van der Waals surface area contributed by atoms with Gasteiger partial charge in [0.25, 0.3) is 0 Å². The highest BCUT2D eigenvalue weighted by Gasteiger charge is 2.27. The molecule has 0 aliphatic carbocycles. The first kappa shape index (κ1) is 17.0. The van der Waals surface area contributed by atoms with Gasteiger partial charge in [-0.05, 0) is 10.4 Å².